The topological polar surface area (TPSA) is 72.6 Å². The van der Waals surface area contributed by atoms with Crippen LogP contribution < -0.4 is 4.90 Å². The smallest absolute Gasteiger partial charge is 0.164 e. The number of fused-ring (bicyclic) bond motifs is 6. The molecule has 61 heavy (non-hydrogen) atoms. The van der Waals surface area contributed by atoms with Gasteiger partial charge in [-0.25, -0.2) is 15.0 Å². The van der Waals surface area contributed by atoms with Gasteiger partial charge in [-0.2, -0.15) is 0 Å². The first-order chi connectivity index (χ1) is 30.2. The number of allylic oxidation sites excluding steroid dienone is 2. The number of rotatable bonds is 7. The maximum atomic E-state index is 5.04. The lowest BCUT2D eigenvalue weighted by molar-refractivity contribution is 0.745. The lowest BCUT2D eigenvalue weighted by Crippen LogP contribution is -2.28. The van der Waals surface area contributed by atoms with Gasteiger partial charge in [0.05, 0.1) is 17.1 Å². The predicted molar refractivity (Wildman–Crippen MR) is 248 cm³/mol. The highest BCUT2D eigenvalue weighted by Gasteiger charge is 2.39. The van der Waals surface area contributed by atoms with Gasteiger partial charge in [-0.1, -0.05) is 169 Å². The molecule has 2 aliphatic rings. The van der Waals surface area contributed by atoms with E-state index < -0.39 is 0 Å². The minimum Gasteiger partial charge on any atom is -0.333 e. The van der Waals surface area contributed by atoms with Crippen molar-refractivity contribution < 1.29 is 0 Å². The summed E-state index contributed by atoms with van der Waals surface area (Å²) in [5.74, 6) is 2.03. The van der Waals surface area contributed by atoms with E-state index in [2.05, 4.69) is 149 Å². The second-order valence-electron chi connectivity index (χ2n) is 15.3. The van der Waals surface area contributed by atoms with Crippen LogP contribution in [0.1, 0.15) is 11.5 Å². The SMILES string of the molecule is C1=CC2c3c(-c4nnc(-c5ccc6c7ccccc7n(-c7ccccc7)c6c5)s4)cccc3N(c3cccc(-c4nc(-c5ccccc5)nc(-c5ccccc5)n4)c3)C2C=C1. The van der Waals surface area contributed by atoms with Crippen LogP contribution in [0.4, 0.5) is 11.4 Å². The molecule has 2 unspecified atom stereocenters. The standard InChI is InChI=1S/C53H35N7S/c1-4-16-34(17-5-1)49-54-50(35-18-6-2-7-19-35)56-51(55-49)36-20-14-23-39(32-36)60-45-28-13-11-25-42(45)48-43(26-15-29-46(48)60)53-58-57-52(61-53)37-30-31-41-40-24-10-12-27-44(40)59(47(41)33-37)38-21-8-3-9-22-38/h1-33,42,45H. The van der Waals surface area contributed by atoms with Crippen molar-refractivity contribution in [3.05, 3.63) is 206 Å². The molecule has 0 fully saturated rings. The Bertz CT molecular complexity index is 3280. The molecule has 0 saturated carbocycles. The van der Waals surface area contributed by atoms with Gasteiger partial charge in [0.2, 0.25) is 0 Å². The van der Waals surface area contributed by atoms with Crippen LogP contribution in [0.3, 0.4) is 0 Å². The normalized spacial score (nSPS) is 15.4. The van der Waals surface area contributed by atoms with Gasteiger partial charge in [0.1, 0.15) is 10.0 Å². The highest BCUT2D eigenvalue weighted by atomic mass is 32.1. The third-order valence-electron chi connectivity index (χ3n) is 11.8. The number of benzene rings is 7. The fourth-order valence-corrected chi connectivity index (χ4v) is 9.90. The lowest BCUT2D eigenvalue weighted by atomic mass is 9.88. The second kappa shape index (κ2) is 14.5. The Hall–Kier alpha value is -7.81. The summed E-state index contributed by atoms with van der Waals surface area (Å²) in [5.41, 5.74) is 11.9. The van der Waals surface area contributed by atoms with E-state index in [0.717, 1.165) is 60.4 Å². The van der Waals surface area contributed by atoms with Crippen LogP contribution in [0.15, 0.2) is 200 Å². The molecular formula is C53H35N7S. The van der Waals surface area contributed by atoms with Crippen molar-refractivity contribution in [2.45, 2.75) is 12.0 Å². The summed E-state index contributed by atoms with van der Waals surface area (Å²) in [7, 11) is 0. The third-order valence-corrected chi connectivity index (χ3v) is 12.8. The summed E-state index contributed by atoms with van der Waals surface area (Å²) >= 11 is 1.64. The highest BCUT2D eigenvalue weighted by Crippen LogP contribution is 2.52. The molecule has 0 bridgehead atoms. The molecule has 0 spiro atoms. The molecule has 3 aromatic heterocycles. The van der Waals surface area contributed by atoms with E-state index in [9.17, 15) is 0 Å². The van der Waals surface area contributed by atoms with Crippen molar-refractivity contribution in [1.29, 1.82) is 0 Å². The van der Waals surface area contributed by atoms with E-state index in [0.29, 0.717) is 17.5 Å². The number of para-hydroxylation sites is 2. The van der Waals surface area contributed by atoms with Gasteiger partial charge >= 0.3 is 0 Å². The summed E-state index contributed by atoms with van der Waals surface area (Å²) < 4.78 is 2.35. The van der Waals surface area contributed by atoms with Crippen LogP contribution in [0.2, 0.25) is 0 Å². The van der Waals surface area contributed by atoms with E-state index in [1.807, 2.05) is 60.7 Å². The van der Waals surface area contributed by atoms with E-state index in [1.165, 1.54) is 21.9 Å². The fourth-order valence-electron chi connectivity index (χ4n) is 9.02. The van der Waals surface area contributed by atoms with Gasteiger partial charge in [-0.15, -0.1) is 10.2 Å². The average molecular weight is 802 g/mol. The zero-order valence-corrected chi connectivity index (χ0v) is 33.6. The molecule has 1 aliphatic carbocycles. The first kappa shape index (κ1) is 35.2. The molecule has 0 radical (unpaired) electrons. The van der Waals surface area contributed by atoms with Crippen molar-refractivity contribution >= 4 is 44.5 Å². The Morgan fingerprint density at radius 1 is 0.443 bits per heavy atom. The number of nitrogens with zero attached hydrogens (tertiary/aromatic N) is 7. The van der Waals surface area contributed by atoms with Crippen LogP contribution >= 0.6 is 11.3 Å². The van der Waals surface area contributed by atoms with Crippen molar-refractivity contribution in [2.75, 3.05) is 4.90 Å². The zero-order chi connectivity index (χ0) is 40.3. The number of aromatic nitrogens is 6. The summed E-state index contributed by atoms with van der Waals surface area (Å²) in [6, 6.07) is 61.3. The lowest BCUT2D eigenvalue weighted by Gasteiger charge is -2.29. The molecule has 288 valence electrons. The van der Waals surface area contributed by atoms with Crippen LogP contribution in [-0.4, -0.2) is 35.8 Å². The van der Waals surface area contributed by atoms with Gasteiger partial charge in [0.15, 0.2) is 17.5 Å². The van der Waals surface area contributed by atoms with E-state index in [4.69, 9.17) is 25.1 Å². The summed E-state index contributed by atoms with van der Waals surface area (Å²) in [6.07, 6.45) is 8.94. The molecular weight excluding hydrogens is 767 g/mol. The van der Waals surface area contributed by atoms with Gasteiger partial charge in [0, 0.05) is 61.6 Å². The molecule has 7 nitrogen and oxygen atoms in total. The summed E-state index contributed by atoms with van der Waals surface area (Å²) in [6.45, 7) is 0. The second-order valence-corrected chi connectivity index (χ2v) is 16.3. The molecule has 0 amide bonds. The quantitative estimate of drug-likeness (QED) is 0.160. The summed E-state index contributed by atoms with van der Waals surface area (Å²) in [5, 5.41) is 13.9. The predicted octanol–water partition coefficient (Wildman–Crippen LogP) is 12.9. The molecule has 8 heteroatoms. The Kier molecular flexibility index (Phi) is 8.35. The largest absolute Gasteiger partial charge is 0.333 e. The average Bonchev–Trinajstić information content (AvgIpc) is 4.05. The molecule has 7 aromatic carbocycles. The Labute approximate surface area is 356 Å². The zero-order valence-electron chi connectivity index (χ0n) is 32.7. The monoisotopic (exact) mass is 801 g/mol. The third kappa shape index (κ3) is 5.99. The van der Waals surface area contributed by atoms with Crippen molar-refractivity contribution in [2.24, 2.45) is 0 Å². The van der Waals surface area contributed by atoms with Gasteiger partial charge in [-0.3, -0.25) is 0 Å². The van der Waals surface area contributed by atoms with E-state index in [1.54, 1.807) is 11.3 Å². The summed E-state index contributed by atoms with van der Waals surface area (Å²) in [4.78, 5) is 17.4. The first-order valence-electron chi connectivity index (χ1n) is 20.4. The van der Waals surface area contributed by atoms with Crippen LogP contribution in [0.25, 0.3) is 82.8 Å². The Morgan fingerprint density at radius 2 is 1.05 bits per heavy atom. The van der Waals surface area contributed by atoms with Crippen LogP contribution in [0.5, 0.6) is 0 Å². The van der Waals surface area contributed by atoms with Crippen LogP contribution in [-0.2, 0) is 0 Å². The van der Waals surface area contributed by atoms with Crippen LogP contribution in [0, 0.1) is 0 Å². The van der Waals surface area contributed by atoms with E-state index >= 15 is 0 Å². The molecule has 1 aliphatic heterocycles. The fraction of sp³-hybridized carbons (Fsp3) is 0.0377. The molecule has 12 rings (SSSR count). The molecule has 4 heterocycles. The van der Waals surface area contributed by atoms with Gasteiger partial charge < -0.3 is 9.47 Å². The van der Waals surface area contributed by atoms with E-state index in [-0.39, 0.29) is 12.0 Å². The molecule has 0 N–H and O–H groups in total. The van der Waals surface area contributed by atoms with Crippen molar-refractivity contribution in [3.8, 4) is 61.0 Å². The maximum Gasteiger partial charge on any atom is 0.164 e. The van der Waals surface area contributed by atoms with Gasteiger partial charge in [-0.05, 0) is 48.0 Å². The first-order valence-corrected chi connectivity index (χ1v) is 21.2. The number of hydrogen-bond acceptors (Lipinski definition) is 7. The maximum absolute atomic E-state index is 5.04. The minimum absolute atomic E-state index is 0.0734. The van der Waals surface area contributed by atoms with Gasteiger partial charge in [0.25, 0.3) is 0 Å². The molecule has 2 atom stereocenters. The minimum atomic E-state index is 0.0734. The molecule has 0 saturated heterocycles. The molecule has 10 aromatic rings. The van der Waals surface area contributed by atoms with Crippen molar-refractivity contribution in [1.82, 2.24) is 29.7 Å². The Balaban J connectivity index is 0.940. The van der Waals surface area contributed by atoms with Crippen molar-refractivity contribution in [3.63, 3.8) is 0 Å². The number of anilines is 2. The highest BCUT2D eigenvalue weighted by molar-refractivity contribution is 7.18. The Morgan fingerprint density at radius 3 is 1.82 bits per heavy atom. The number of hydrogen-bond donors (Lipinski definition) is 0.